The van der Waals surface area contributed by atoms with Gasteiger partial charge in [-0.2, -0.15) is 0 Å². The summed E-state index contributed by atoms with van der Waals surface area (Å²) in [6, 6.07) is 7.05. The number of rotatable bonds is 3. The van der Waals surface area contributed by atoms with E-state index in [2.05, 4.69) is 10.6 Å². The van der Waals surface area contributed by atoms with Crippen LogP contribution in [-0.2, 0) is 11.3 Å². The molecule has 0 aliphatic carbocycles. The highest BCUT2D eigenvalue weighted by molar-refractivity contribution is 6.30. The molecular formula is C12H16Cl2N2O2. The Morgan fingerprint density at radius 1 is 1.44 bits per heavy atom. The number of hydrogen-bond donors (Lipinski definition) is 3. The van der Waals surface area contributed by atoms with Gasteiger partial charge in [-0.15, -0.1) is 12.4 Å². The van der Waals surface area contributed by atoms with Crippen molar-refractivity contribution in [2.45, 2.75) is 25.1 Å². The van der Waals surface area contributed by atoms with Crippen LogP contribution in [0.25, 0.3) is 0 Å². The molecule has 1 heterocycles. The molecule has 100 valence electrons. The first-order valence-electron chi connectivity index (χ1n) is 5.59. The van der Waals surface area contributed by atoms with Gasteiger partial charge in [-0.05, 0) is 24.1 Å². The number of benzene rings is 1. The molecule has 2 atom stereocenters. The Morgan fingerprint density at radius 3 is 2.67 bits per heavy atom. The van der Waals surface area contributed by atoms with Crippen LogP contribution in [0.1, 0.15) is 12.0 Å². The minimum Gasteiger partial charge on any atom is -0.392 e. The number of amides is 1. The van der Waals surface area contributed by atoms with Crippen molar-refractivity contribution >= 4 is 29.9 Å². The molecule has 6 heteroatoms. The second kappa shape index (κ2) is 6.95. The van der Waals surface area contributed by atoms with Crippen LogP contribution in [0, 0.1) is 0 Å². The molecule has 0 aromatic heterocycles. The highest BCUT2D eigenvalue weighted by Crippen LogP contribution is 2.10. The van der Waals surface area contributed by atoms with Crippen molar-refractivity contribution in [1.29, 1.82) is 0 Å². The van der Waals surface area contributed by atoms with Crippen molar-refractivity contribution in [3.63, 3.8) is 0 Å². The van der Waals surface area contributed by atoms with Crippen LogP contribution in [0.4, 0.5) is 0 Å². The van der Waals surface area contributed by atoms with E-state index in [9.17, 15) is 9.90 Å². The van der Waals surface area contributed by atoms with Crippen molar-refractivity contribution in [1.82, 2.24) is 10.6 Å². The summed E-state index contributed by atoms with van der Waals surface area (Å²) in [6.45, 7) is 0.962. The molecule has 3 N–H and O–H groups in total. The van der Waals surface area contributed by atoms with Gasteiger partial charge in [-0.1, -0.05) is 23.7 Å². The molecule has 1 aliphatic heterocycles. The second-order valence-electron chi connectivity index (χ2n) is 4.19. The fraction of sp³-hybridized carbons (Fsp3) is 0.417. The van der Waals surface area contributed by atoms with E-state index < -0.39 is 6.10 Å². The van der Waals surface area contributed by atoms with E-state index in [1.807, 2.05) is 12.1 Å². The standard InChI is InChI=1S/C12H15ClN2O2.ClH/c13-9-3-1-8(2-4-9)6-15-12(17)11-5-10(16)7-14-11;/h1-4,10-11,14,16H,5-7H2,(H,15,17);1H/t10-,11+;/m1./s1. The van der Waals surface area contributed by atoms with Gasteiger partial charge in [0, 0.05) is 18.1 Å². The number of nitrogens with one attached hydrogen (secondary N) is 2. The van der Waals surface area contributed by atoms with Gasteiger partial charge in [0.25, 0.3) is 0 Å². The van der Waals surface area contributed by atoms with E-state index in [4.69, 9.17) is 11.6 Å². The van der Waals surface area contributed by atoms with Gasteiger partial charge in [0.05, 0.1) is 12.1 Å². The lowest BCUT2D eigenvalue weighted by molar-refractivity contribution is -0.123. The zero-order chi connectivity index (χ0) is 12.3. The van der Waals surface area contributed by atoms with Crippen LogP contribution in [0.15, 0.2) is 24.3 Å². The Hall–Kier alpha value is -0.810. The maximum absolute atomic E-state index is 11.7. The number of halogens is 2. The normalized spacial score (nSPS) is 22.3. The predicted octanol–water partition coefficient (Wildman–Crippen LogP) is 1.10. The summed E-state index contributed by atoms with van der Waals surface area (Å²) in [5.74, 6) is -0.0727. The molecule has 1 aliphatic rings. The van der Waals surface area contributed by atoms with Crippen LogP contribution in [0.2, 0.25) is 5.02 Å². The van der Waals surface area contributed by atoms with Crippen LogP contribution >= 0.6 is 24.0 Å². The monoisotopic (exact) mass is 290 g/mol. The first kappa shape index (κ1) is 15.2. The fourth-order valence-electron chi connectivity index (χ4n) is 1.83. The van der Waals surface area contributed by atoms with Crippen LogP contribution < -0.4 is 10.6 Å². The molecule has 0 unspecified atom stereocenters. The lowest BCUT2D eigenvalue weighted by Gasteiger charge is -2.10. The molecular weight excluding hydrogens is 275 g/mol. The van der Waals surface area contributed by atoms with Crippen molar-refractivity contribution in [2.75, 3.05) is 6.54 Å². The van der Waals surface area contributed by atoms with E-state index in [0.717, 1.165) is 5.56 Å². The number of aliphatic hydroxyl groups is 1. The smallest absolute Gasteiger partial charge is 0.237 e. The van der Waals surface area contributed by atoms with Crippen LogP contribution in [0.5, 0.6) is 0 Å². The quantitative estimate of drug-likeness (QED) is 0.781. The van der Waals surface area contributed by atoms with Gasteiger partial charge in [0.15, 0.2) is 0 Å². The lowest BCUT2D eigenvalue weighted by atomic mass is 10.2. The van der Waals surface area contributed by atoms with Crippen molar-refractivity contribution < 1.29 is 9.90 Å². The summed E-state index contributed by atoms with van der Waals surface area (Å²) in [5, 5.41) is 15.8. The SMILES string of the molecule is Cl.O=C(NCc1ccc(Cl)cc1)[C@@H]1C[C@@H](O)CN1. The summed E-state index contributed by atoms with van der Waals surface area (Å²) in [4.78, 5) is 11.7. The zero-order valence-corrected chi connectivity index (χ0v) is 11.3. The maximum atomic E-state index is 11.7. The molecule has 2 rings (SSSR count). The molecule has 0 bridgehead atoms. The van der Waals surface area contributed by atoms with E-state index in [1.54, 1.807) is 12.1 Å². The van der Waals surface area contributed by atoms with Crippen molar-refractivity contribution in [3.8, 4) is 0 Å². The Labute approximate surface area is 117 Å². The largest absolute Gasteiger partial charge is 0.392 e. The highest BCUT2D eigenvalue weighted by atomic mass is 35.5. The third kappa shape index (κ3) is 4.14. The Balaban J connectivity index is 0.00000162. The van der Waals surface area contributed by atoms with Gasteiger partial charge in [-0.3, -0.25) is 4.79 Å². The third-order valence-corrected chi connectivity index (χ3v) is 3.06. The maximum Gasteiger partial charge on any atom is 0.237 e. The number of aliphatic hydroxyl groups excluding tert-OH is 1. The molecule has 1 fully saturated rings. The Kier molecular flexibility index (Phi) is 5.88. The lowest BCUT2D eigenvalue weighted by Crippen LogP contribution is -2.39. The molecule has 0 saturated carbocycles. The third-order valence-electron chi connectivity index (χ3n) is 2.80. The minimum atomic E-state index is -0.415. The molecule has 1 aromatic carbocycles. The van der Waals surface area contributed by atoms with Crippen LogP contribution in [-0.4, -0.2) is 29.7 Å². The molecule has 1 aromatic rings. The first-order valence-corrected chi connectivity index (χ1v) is 5.96. The van der Waals surface area contributed by atoms with E-state index >= 15 is 0 Å². The summed E-state index contributed by atoms with van der Waals surface area (Å²) in [5.41, 5.74) is 1.00. The Bertz CT molecular complexity index is 398. The van der Waals surface area contributed by atoms with E-state index in [1.165, 1.54) is 0 Å². The molecule has 0 spiro atoms. The first-order chi connectivity index (χ1) is 8.15. The van der Waals surface area contributed by atoms with Crippen molar-refractivity contribution in [2.24, 2.45) is 0 Å². The summed E-state index contributed by atoms with van der Waals surface area (Å²) in [7, 11) is 0. The van der Waals surface area contributed by atoms with Gasteiger partial charge in [-0.25, -0.2) is 0 Å². The second-order valence-corrected chi connectivity index (χ2v) is 4.63. The summed E-state index contributed by atoms with van der Waals surface area (Å²) < 4.78 is 0. The summed E-state index contributed by atoms with van der Waals surface area (Å²) in [6.07, 6.45) is 0.0631. The fourth-order valence-corrected chi connectivity index (χ4v) is 1.96. The average Bonchev–Trinajstić information content (AvgIpc) is 2.75. The topological polar surface area (TPSA) is 61.4 Å². The Morgan fingerprint density at radius 2 is 2.11 bits per heavy atom. The molecule has 0 radical (unpaired) electrons. The zero-order valence-electron chi connectivity index (χ0n) is 9.73. The highest BCUT2D eigenvalue weighted by Gasteiger charge is 2.27. The number of carbonyl (C=O) groups is 1. The molecule has 4 nitrogen and oxygen atoms in total. The summed E-state index contributed by atoms with van der Waals surface area (Å²) >= 11 is 5.77. The molecule has 1 amide bonds. The molecule has 1 saturated heterocycles. The number of carbonyl (C=O) groups excluding carboxylic acids is 1. The van der Waals surface area contributed by atoms with Gasteiger partial charge >= 0.3 is 0 Å². The van der Waals surface area contributed by atoms with Crippen LogP contribution in [0.3, 0.4) is 0 Å². The number of β-amino-alcohol motifs (C(OH)–C–C–N with tert-alkyl or cyclic N) is 1. The number of hydrogen-bond acceptors (Lipinski definition) is 3. The predicted molar refractivity (Wildman–Crippen MR) is 73.0 cm³/mol. The molecule has 18 heavy (non-hydrogen) atoms. The van der Waals surface area contributed by atoms with E-state index in [-0.39, 0.29) is 24.4 Å². The van der Waals surface area contributed by atoms with Gasteiger partial charge in [0.1, 0.15) is 0 Å². The van der Waals surface area contributed by atoms with Gasteiger partial charge < -0.3 is 15.7 Å². The van der Waals surface area contributed by atoms with E-state index in [0.29, 0.717) is 24.5 Å². The van der Waals surface area contributed by atoms with Gasteiger partial charge in [0.2, 0.25) is 5.91 Å². The minimum absolute atomic E-state index is 0. The van der Waals surface area contributed by atoms with Crippen molar-refractivity contribution in [3.05, 3.63) is 34.9 Å². The average molecular weight is 291 g/mol.